The Balaban J connectivity index is 1.21. The Morgan fingerprint density at radius 1 is 0.897 bits per heavy atom. The van der Waals surface area contributed by atoms with Crippen molar-refractivity contribution in [2.75, 3.05) is 6.61 Å². The second kappa shape index (κ2) is 6.47. The predicted molar refractivity (Wildman–Crippen MR) is 117 cm³/mol. The Bertz CT molecular complexity index is 655. The minimum Gasteiger partial charge on any atom is -0.374 e. The largest absolute Gasteiger partial charge is 0.374 e. The van der Waals surface area contributed by atoms with Crippen LogP contribution in [0, 0.1) is 46.3 Å². The lowest BCUT2D eigenvalue weighted by molar-refractivity contribution is -0.115. The highest BCUT2D eigenvalue weighted by molar-refractivity contribution is 5.14. The molecule has 164 valence electrons. The summed E-state index contributed by atoms with van der Waals surface area (Å²) < 4.78 is 12.5. The van der Waals surface area contributed by atoms with Crippen molar-refractivity contribution in [2.24, 2.45) is 46.3 Å². The third-order valence-electron chi connectivity index (χ3n) is 11.8. The second-order valence-electron chi connectivity index (χ2n) is 13.1. The Morgan fingerprint density at radius 3 is 2.52 bits per heavy atom. The van der Waals surface area contributed by atoms with E-state index in [1.807, 2.05) is 0 Å². The molecule has 2 aliphatic heterocycles. The van der Waals surface area contributed by atoms with Crippen LogP contribution in [0.5, 0.6) is 0 Å². The Kier molecular flexibility index (Phi) is 4.37. The Labute approximate surface area is 178 Å². The topological polar surface area (TPSA) is 21.8 Å². The van der Waals surface area contributed by atoms with Gasteiger partial charge in [0.25, 0.3) is 0 Å². The zero-order chi connectivity index (χ0) is 20.0. The highest BCUT2D eigenvalue weighted by Gasteiger charge is 2.65. The number of rotatable bonds is 3. The second-order valence-corrected chi connectivity index (χ2v) is 13.1. The highest BCUT2D eigenvalue weighted by Crippen LogP contribution is 2.70. The van der Waals surface area contributed by atoms with Crippen LogP contribution in [0.2, 0.25) is 0 Å². The molecule has 3 unspecified atom stereocenters. The molecule has 0 amide bonds. The third-order valence-corrected chi connectivity index (χ3v) is 11.8. The lowest BCUT2D eigenvalue weighted by atomic mass is 9.44. The van der Waals surface area contributed by atoms with Crippen molar-refractivity contribution in [3.8, 4) is 0 Å². The van der Waals surface area contributed by atoms with Gasteiger partial charge in [-0.1, -0.05) is 33.6 Å². The maximum absolute atomic E-state index is 6.83. The normalized spacial score (nSPS) is 60.8. The summed E-state index contributed by atoms with van der Waals surface area (Å²) in [5.41, 5.74) is 1.38. The van der Waals surface area contributed by atoms with E-state index in [2.05, 4.69) is 27.7 Å². The minimum absolute atomic E-state index is 0.180. The van der Waals surface area contributed by atoms with E-state index in [9.17, 15) is 0 Å². The average Bonchev–Trinajstić information content (AvgIpc) is 3.23. The van der Waals surface area contributed by atoms with Crippen LogP contribution in [-0.4, -0.2) is 24.4 Å². The summed E-state index contributed by atoms with van der Waals surface area (Å²) >= 11 is 0. The molecule has 0 spiro atoms. The van der Waals surface area contributed by atoms with Crippen LogP contribution < -0.4 is 0 Å². The average molecular weight is 401 g/mol. The van der Waals surface area contributed by atoms with Gasteiger partial charge in [-0.25, -0.2) is 0 Å². The molecule has 0 aromatic carbocycles. The summed E-state index contributed by atoms with van der Waals surface area (Å²) in [6.45, 7) is 11.2. The number of ether oxygens (including phenoxy) is 2. The molecule has 6 fully saturated rings. The highest BCUT2D eigenvalue weighted by atomic mass is 16.6. The van der Waals surface area contributed by atoms with Gasteiger partial charge >= 0.3 is 0 Å². The number of epoxide rings is 1. The van der Waals surface area contributed by atoms with E-state index in [1.54, 1.807) is 0 Å². The summed E-state index contributed by atoms with van der Waals surface area (Å²) in [5.74, 6) is 5.51. The lowest BCUT2D eigenvalue weighted by Gasteiger charge is -2.60. The molecule has 6 aliphatic rings. The van der Waals surface area contributed by atoms with Crippen molar-refractivity contribution >= 4 is 0 Å². The van der Waals surface area contributed by atoms with Crippen molar-refractivity contribution in [3.63, 3.8) is 0 Å². The van der Waals surface area contributed by atoms with Gasteiger partial charge in [0.2, 0.25) is 0 Å². The zero-order valence-corrected chi connectivity index (χ0v) is 19.4. The minimum atomic E-state index is 0.180. The summed E-state index contributed by atoms with van der Waals surface area (Å²) in [6.07, 6.45) is 16.9. The first kappa shape index (κ1) is 19.6. The Morgan fingerprint density at radius 2 is 1.72 bits per heavy atom. The summed E-state index contributed by atoms with van der Waals surface area (Å²) in [6, 6.07) is 0. The molecule has 2 heterocycles. The molecule has 11 atom stereocenters. The van der Waals surface area contributed by atoms with Gasteiger partial charge in [-0.3, -0.25) is 0 Å². The lowest BCUT2D eigenvalue weighted by Crippen LogP contribution is -2.53. The van der Waals surface area contributed by atoms with Crippen molar-refractivity contribution in [1.82, 2.24) is 0 Å². The first-order valence-corrected chi connectivity index (χ1v) is 13.1. The van der Waals surface area contributed by atoms with Crippen LogP contribution in [0.15, 0.2) is 0 Å². The molecule has 2 nitrogen and oxygen atoms in total. The molecule has 4 saturated carbocycles. The quantitative estimate of drug-likeness (QED) is 0.497. The van der Waals surface area contributed by atoms with Crippen molar-refractivity contribution < 1.29 is 9.47 Å². The van der Waals surface area contributed by atoms with Gasteiger partial charge in [0.1, 0.15) is 0 Å². The van der Waals surface area contributed by atoms with Crippen LogP contribution >= 0.6 is 0 Å². The van der Waals surface area contributed by atoms with E-state index in [-0.39, 0.29) is 5.60 Å². The number of hydrogen-bond acceptors (Lipinski definition) is 2. The SMILES string of the molecule is C[C@@H]1C(CCC2(C)CO2)O[C@H]2C[C@H]3[C@@H]4CCC5CCCC[C@]5(C)[C@H]4CC[C@]3(C)[C@H]21. The van der Waals surface area contributed by atoms with E-state index < -0.39 is 0 Å². The number of fused-ring (bicyclic) bond motifs is 7. The molecule has 2 heteroatoms. The van der Waals surface area contributed by atoms with E-state index >= 15 is 0 Å². The molecule has 0 N–H and O–H groups in total. The van der Waals surface area contributed by atoms with Gasteiger partial charge < -0.3 is 9.47 Å². The van der Waals surface area contributed by atoms with Crippen molar-refractivity contribution in [3.05, 3.63) is 0 Å². The molecule has 2 saturated heterocycles. The van der Waals surface area contributed by atoms with Gasteiger partial charge in [-0.05, 0) is 111 Å². The van der Waals surface area contributed by atoms with E-state index in [4.69, 9.17) is 9.47 Å². The van der Waals surface area contributed by atoms with Crippen LogP contribution in [0.25, 0.3) is 0 Å². The van der Waals surface area contributed by atoms with Crippen molar-refractivity contribution in [2.45, 2.75) is 116 Å². The summed E-state index contributed by atoms with van der Waals surface area (Å²) in [5, 5.41) is 0. The molecule has 0 aromatic rings. The third kappa shape index (κ3) is 2.80. The van der Waals surface area contributed by atoms with Crippen LogP contribution in [-0.2, 0) is 9.47 Å². The van der Waals surface area contributed by atoms with E-state index in [1.165, 1.54) is 70.6 Å². The molecule has 0 aromatic heterocycles. The van der Waals surface area contributed by atoms with Gasteiger partial charge in [-0.2, -0.15) is 0 Å². The predicted octanol–water partition coefficient (Wildman–Crippen LogP) is 6.62. The fourth-order valence-corrected chi connectivity index (χ4v) is 10.0. The van der Waals surface area contributed by atoms with E-state index in [0.29, 0.717) is 23.0 Å². The fraction of sp³-hybridized carbons (Fsp3) is 1.00. The van der Waals surface area contributed by atoms with Crippen LogP contribution in [0.1, 0.15) is 98.3 Å². The van der Waals surface area contributed by atoms with Crippen LogP contribution in [0.4, 0.5) is 0 Å². The molecule has 6 rings (SSSR count). The molecule has 0 bridgehead atoms. The Hall–Kier alpha value is -0.0800. The smallest absolute Gasteiger partial charge is 0.0889 e. The molecular weight excluding hydrogens is 356 g/mol. The summed E-state index contributed by atoms with van der Waals surface area (Å²) in [4.78, 5) is 0. The van der Waals surface area contributed by atoms with E-state index in [0.717, 1.165) is 42.1 Å². The van der Waals surface area contributed by atoms with Gasteiger partial charge in [-0.15, -0.1) is 0 Å². The van der Waals surface area contributed by atoms with Gasteiger partial charge in [0.05, 0.1) is 24.4 Å². The monoisotopic (exact) mass is 400 g/mol. The molecular formula is C27H44O2. The molecule has 4 aliphatic carbocycles. The van der Waals surface area contributed by atoms with Gasteiger partial charge in [0, 0.05) is 0 Å². The first-order chi connectivity index (χ1) is 13.8. The van der Waals surface area contributed by atoms with Gasteiger partial charge in [0.15, 0.2) is 0 Å². The van der Waals surface area contributed by atoms with Crippen LogP contribution in [0.3, 0.4) is 0 Å². The fourth-order valence-electron chi connectivity index (χ4n) is 10.0. The maximum Gasteiger partial charge on any atom is 0.0889 e. The van der Waals surface area contributed by atoms with Crippen molar-refractivity contribution in [1.29, 1.82) is 0 Å². The molecule has 29 heavy (non-hydrogen) atoms. The summed E-state index contributed by atoms with van der Waals surface area (Å²) in [7, 11) is 0. The molecule has 0 radical (unpaired) electrons. The maximum atomic E-state index is 6.83. The standard InChI is InChI=1S/C27H44O2/c1-17-22(11-13-25(2)16-28-25)29-23-15-21-19-9-8-18-7-5-6-12-26(18,3)20(19)10-14-27(21,4)24(17)23/h17-24H,5-16H2,1-4H3/t17-,18?,19-,20+,21+,22?,23+,24+,25?,26+,27+/m1/s1. The zero-order valence-electron chi connectivity index (χ0n) is 19.4. The first-order valence-electron chi connectivity index (χ1n) is 13.1. The number of hydrogen-bond donors (Lipinski definition) is 0.